The third kappa shape index (κ3) is 1.67. The molecule has 96 valence electrons. The zero-order valence-corrected chi connectivity index (χ0v) is 11.0. The summed E-state index contributed by atoms with van der Waals surface area (Å²) in [7, 11) is 0. The highest BCUT2D eigenvalue weighted by Gasteiger charge is 2.12. The fraction of sp³-hybridized carbons (Fsp3) is 0.0588. The van der Waals surface area contributed by atoms with Crippen molar-refractivity contribution < 1.29 is 4.42 Å². The predicted molar refractivity (Wildman–Crippen MR) is 79.5 cm³/mol. The van der Waals surface area contributed by atoms with E-state index < -0.39 is 0 Å². The zero-order chi connectivity index (χ0) is 13.5. The van der Waals surface area contributed by atoms with Crippen molar-refractivity contribution in [2.45, 2.75) is 6.92 Å². The molecule has 0 aliphatic carbocycles. The van der Waals surface area contributed by atoms with Crippen molar-refractivity contribution in [2.75, 3.05) is 0 Å². The van der Waals surface area contributed by atoms with Gasteiger partial charge in [-0.05, 0) is 36.8 Å². The quantitative estimate of drug-likeness (QED) is 0.510. The van der Waals surface area contributed by atoms with Crippen LogP contribution in [-0.2, 0) is 0 Å². The van der Waals surface area contributed by atoms with Crippen LogP contribution in [-0.4, -0.2) is 9.97 Å². The van der Waals surface area contributed by atoms with Gasteiger partial charge in [0.25, 0.3) is 0 Å². The first kappa shape index (κ1) is 11.2. The first-order chi connectivity index (χ1) is 9.81. The average Bonchev–Trinajstić information content (AvgIpc) is 2.90. The van der Waals surface area contributed by atoms with Crippen LogP contribution in [0.4, 0.5) is 0 Å². The van der Waals surface area contributed by atoms with Gasteiger partial charge in [0.15, 0.2) is 5.58 Å². The van der Waals surface area contributed by atoms with E-state index in [2.05, 4.69) is 22.1 Å². The van der Waals surface area contributed by atoms with E-state index in [4.69, 9.17) is 4.42 Å². The van der Waals surface area contributed by atoms with Gasteiger partial charge >= 0.3 is 0 Å². The molecule has 0 aliphatic heterocycles. The molecule has 2 heterocycles. The molecule has 2 aromatic carbocycles. The van der Waals surface area contributed by atoms with Crippen LogP contribution in [0.5, 0.6) is 0 Å². The number of rotatable bonds is 1. The third-order valence-corrected chi connectivity index (χ3v) is 3.41. The molecule has 0 N–H and O–H groups in total. The SMILES string of the molecule is Cc1cc2ccccc2nc1-c1nc2ccccc2o1. The average molecular weight is 260 g/mol. The molecule has 4 aromatic rings. The Balaban J connectivity index is 1.98. The molecular weight excluding hydrogens is 248 g/mol. The Kier molecular flexibility index (Phi) is 2.33. The number of fused-ring (bicyclic) bond motifs is 2. The lowest BCUT2D eigenvalue weighted by Crippen LogP contribution is -1.90. The summed E-state index contributed by atoms with van der Waals surface area (Å²) < 4.78 is 5.81. The smallest absolute Gasteiger partial charge is 0.246 e. The Bertz CT molecular complexity index is 891. The molecule has 0 radical (unpaired) electrons. The maximum absolute atomic E-state index is 5.81. The van der Waals surface area contributed by atoms with E-state index >= 15 is 0 Å². The van der Waals surface area contributed by atoms with Crippen LogP contribution in [0.15, 0.2) is 59.0 Å². The Morgan fingerprint density at radius 1 is 0.850 bits per heavy atom. The maximum Gasteiger partial charge on any atom is 0.246 e. The van der Waals surface area contributed by atoms with Crippen molar-refractivity contribution in [1.29, 1.82) is 0 Å². The molecule has 0 saturated carbocycles. The second-order valence-electron chi connectivity index (χ2n) is 4.83. The highest BCUT2D eigenvalue weighted by molar-refractivity contribution is 5.83. The van der Waals surface area contributed by atoms with Crippen LogP contribution < -0.4 is 0 Å². The fourth-order valence-corrected chi connectivity index (χ4v) is 2.41. The summed E-state index contributed by atoms with van der Waals surface area (Å²) in [6, 6.07) is 17.9. The summed E-state index contributed by atoms with van der Waals surface area (Å²) >= 11 is 0. The van der Waals surface area contributed by atoms with Gasteiger partial charge < -0.3 is 4.42 Å². The van der Waals surface area contributed by atoms with Crippen molar-refractivity contribution >= 4 is 22.0 Å². The number of hydrogen-bond donors (Lipinski definition) is 0. The number of hydrogen-bond acceptors (Lipinski definition) is 3. The lowest BCUT2D eigenvalue weighted by Gasteiger charge is -2.03. The molecule has 0 unspecified atom stereocenters. The van der Waals surface area contributed by atoms with Crippen LogP contribution in [0.3, 0.4) is 0 Å². The molecule has 4 rings (SSSR count). The molecule has 0 saturated heterocycles. The van der Waals surface area contributed by atoms with Crippen molar-refractivity contribution in [1.82, 2.24) is 9.97 Å². The Labute approximate surface area is 115 Å². The molecule has 3 nitrogen and oxygen atoms in total. The molecule has 0 amide bonds. The minimum atomic E-state index is 0.578. The van der Waals surface area contributed by atoms with E-state index in [9.17, 15) is 0 Å². The van der Waals surface area contributed by atoms with Gasteiger partial charge in [-0.3, -0.25) is 0 Å². The topological polar surface area (TPSA) is 38.9 Å². The normalized spacial score (nSPS) is 11.2. The first-order valence-electron chi connectivity index (χ1n) is 6.53. The molecule has 0 spiro atoms. The zero-order valence-electron chi connectivity index (χ0n) is 11.0. The Morgan fingerprint density at radius 3 is 2.45 bits per heavy atom. The standard InChI is InChI=1S/C17H12N2O/c1-11-10-12-6-2-3-7-13(12)18-16(11)17-19-14-8-4-5-9-15(14)20-17/h2-10H,1H3. The van der Waals surface area contributed by atoms with Crippen molar-refractivity contribution in [3.05, 3.63) is 60.2 Å². The number of oxazole rings is 1. The van der Waals surface area contributed by atoms with Crippen LogP contribution in [0, 0.1) is 6.92 Å². The first-order valence-corrected chi connectivity index (χ1v) is 6.53. The van der Waals surface area contributed by atoms with Gasteiger partial charge in [0, 0.05) is 5.39 Å². The highest BCUT2D eigenvalue weighted by Crippen LogP contribution is 2.27. The predicted octanol–water partition coefficient (Wildman–Crippen LogP) is 4.35. The summed E-state index contributed by atoms with van der Waals surface area (Å²) in [6.07, 6.45) is 0. The number of aromatic nitrogens is 2. The van der Waals surface area contributed by atoms with E-state index in [0.29, 0.717) is 5.89 Å². The van der Waals surface area contributed by atoms with Crippen molar-refractivity contribution in [3.8, 4) is 11.6 Å². The summed E-state index contributed by atoms with van der Waals surface area (Å²) in [5.41, 5.74) is 4.47. The van der Waals surface area contributed by atoms with E-state index in [1.165, 1.54) is 0 Å². The Hall–Kier alpha value is -2.68. The summed E-state index contributed by atoms with van der Waals surface area (Å²) in [5, 5.41) is 1.13. The lowest BCUT2D eigenvalue weighted by atomic mass is 10.1. The van der Waals surface area contributed by atoms with Crippen LogP contribution in [0.1, 0.15) is 5.56 Å². The lowest BCUT2D eigenvalue weighted by molar-refractivity contribution is 0.616. The van der Waals surface area contributed by atoms with Gasteiger partial charge in [0.1, 0.15) is 11.2 Å². The van der Waals surface area contributed by atoms with E-state index in [1.807, 2.05) is 49.4 Å². The number of para-hydroxylation sites is 3. The van der Waals surface area contributed by atoms with Crippen molar-refractivity contribution in [2.24, 2.45) is 0 Å². The molecule has 20 heavy (non-hydrogen) atoms. The van der Waals surface area contributed by atoms with Gasteiger partial charge in [-0.25, -0.2) is 9.97 Å². The molecule has 2 aromatic heterocycles. The van der Waals surface area contributed by atoms with Gasteiger partial charge in [-0.1, -0.05) is 30.3 Å². The van der Waals surface area contributed by atoms with Gasteiger partial charge in [-0.15, -0.1) is 0 Å². The molecule has 0 bridgehead atoms. The second-order valence-corrected chi connectivity index (χ2v) is 4.83. The molecule has 0 fully saturated rings. The molecular formula is C17H12N2O. The van der Waals surface area contributed by atoms with Gasteiger partial charge in [0.2, 0.25) is 5.89 Å². The molecule has 0 aliphatic rings. The number of benzene rings is 2. The highest BCUT2D eigenvalue weighted by atomic mass is 16.3. The minimum absolute atomic E-state index is 0.578. The van der Waals surface area contributed by atoms with Crippen molar-refractivity contribution in [3.63, 3.8) is 0 Å². The monoisotopic (exact) mass is 260 g/mol. The molecule has 0 atom stereocenters. The Morgan fingerprint density at radius 2 is 1.60 bits per heavy atom. The fourth-order valence-electron chi connectivity index (χ4n) is 2.41. The summed E-state index contributed by atoms with van der Waals surface area (Å²) in [6.45, 7) is 2.03. The number of nitrogens with zero attached hydrogens (tertiary/aromatic N) is 2. The largest absolute Gasteiger partial charge is 0.435 e. The maximum atomic E-state index is 5.81. The third-order valence-electron chi connectivity index (χ3n) is 3.41. The molecule has 3 heteroatoms. The van der Waals surface area contributed by atoms with Crippen LogP contribution in [0.25, 0.3) is 33.6 Å². The van der Waals surface area contributed by atoms with Gasteiger partial charge in [-0.2, -0.15) is 0 Å². The second kappa shape index (κ2) is 4.17. The van der Waals surface area contributed by atoms with E-state index in [1.54, 1.807) is 0 Å². The summed E-state index contributed by atoms with van der Waals surface area (Å²) in [4.78, 5) is 9.21. The van der Waals surface area contributed by atoms with Crippen LogP contribution >= 0.6 is 0 Å². The van der Waals surface area contributed by atoms with E-state index in [0.717, 1.165) is 33.3 Å². The number of aryl methyl sites for hydroxylation is 1. The van der Waals surface area contributed by atoms with Gasteiger partial charge in [0.05, 0.1) is 5.52 Å². The van der Waals surface area contributed by atoms with E-state index in [-0.39, 0.29) is 0 Å². The summed E-state index contributed by atoms with van der Waals surface area (Å²) in [5.74, 6) is 0.578. The number of pyridine rings is 1. The minimum Gasteiger partial charge on any atom is -0.435 e. The van der Waals surface area contributed by atoms with Crippen LogP contribution in [0.2, 0.25) is 0 Å².